The Bertz CT molecular complexity index is 796. The summed E-state index contributed by atoms with van der Waals surface area (Å²) in [6.07, 6.45) is 0.435. The molecule has 23 heavy (non-hydrogen) atoms. The predicted molar refractivity (Wildman–Crippen MR) is 90.6 cm³/mol. The Hall–Kier alpha value is -2.62. The summed E-state index contributed by atoms with van der Waals surface area (Å²) in [5, 5.41) is 2.94. The van der Waals surface area contributed by atoms with E-state index in [0.717, 1.165) is 22.4 Å². The Morgan fingerprint density at radius 1 is 1.13 bits per heavy atom. The van der Waals surface area contributed by atoms with E-state index in [1.807, 2.05) is 50.2 Å². The molecule has 0 unspecified atom stereocenters. The third-order valence-corrected chi connectivity index (χ3v) is 4.44. The average Bonchev–Trinajstić information content (AvgIpc) is 2.82. The molecule has 4 nitrogen and oxygen atoms in total. The standard InChI is InChI=1S/C19H20N2O2/c1-12-4-6-15(8-13(12)2)19(23)20-11-14-5-7-17-16(9-14)10-18(22)21(17)3/h4-9H,10-11H2,1-3H3,(H,20,23). The second-order valence-corrected chi connectivity index (χ2v) is 6.07. The van der Waals surface area contributed by atoms with Gasteiger partial charge in [0.2, 0.25) is 5.91 Å². The number of likely N-dealkylation sites (N-methyl/N-ethyl adjacent to an activating group) is 1. The Morgan fingerprint density at radius 3 is 2.65 bits per heavy atom. The smallest absolute Gasteiger partial charge is 0.251 e. The summed E-state index contributed by atoms with van der Waals surface area (Å²) in [5.41, 5.74) is 5.94. The molecule has 1 aliphatic rings. The van der Waals surface area contributed by atoms with Crippen molar-refractivity contribution in [3.8, 4) is 0 Å². The molecule has 2 aromatic carbocycles. The van der Waals surface area contributed by atoms with Crippen molar-refractivity contribution < 1.29 is 9.59 Å². The van der Waals surface area contributed by atoms with Gasteiger partial charge < -0.3 is 10.2 Å². The van der Waals surface area contributed by atoms with Gasteiger partial charge in [-0.2, -0.15) is 0 Å². The number of hydrogen-bond donors (Lipinski definition) is 1. The molecule has 2 aromatic rings. The molecule has 118 valence electrons. The number of amides is 2. The number of nitrogens with one attached hydrogen (secondary N) is 1. The van der Waals surface area contributed by atoms with Gasteiger partial charge in [-0.15, -0.1) is 0 Å². The quantitative estimate of drug-likeness (QED) is 0.948. The molecular formula is C19H20N2O2. The van der Waals surface area contributed by atoms with Gasteiger partial charge in [-0.25, -0.2) is 0 Å². The molecule has 2 amide bonds. The minimum Gasteiger partial charge on any atom is -0.348 e. The van der Waals surface area contributed by atoms with E-state index in [4.69, 9.17) is 0 Å². The number of carbonyl (C=O) groups is 2. The van der Waals surface area contributed by atoms with Crippen molar-refractivity contribution in [2.45, 2.75) is 26.8 Å². The van der Waals surface area contributed by atoms with Crippen LogP contribution in [0.3, 0.4) is 0 Å². The van der Waals surface area contributed by atoms with Crippen molar-refractivity contribution >= 4 is 17.5 Å². The minimum atomic E-state index is -0.0817. The molecule has 1 N–H and O–H groups in total. The van der Waals surface area contributed by atoms with E-state index >= 15 is 0 Å². The number of benzene rings is 2. The summed E-state index contributed by atoms with van der Waals surface area (Å²) >= 11 is 0. The van der Waals surface area contributed by atoms with Gasteiger partial charge >= 0.3 is 0 Å². The van der Waals surface area contributed by atoms with Gasteiger partial charge in [0, 0.05) is 24.8 Å². The number of aryl methyl sites for hydroxylation is 2. The van der Waals surface area contributed by atoms with Gasteiger partial charge in [-0.3, -0.25) is 9.59 Å². The summed E-state index contributed by atoms with van der Waals surface area (Å²) in [4.78, 5) is 25.6. The molecule has 3 rings (SSSR count). The number of rotatable bonds is 3. The molecule has 0 aromatic heterocycles. The number of carbonyl (C=O) groups excluding carboxylic acids is 2. The fourth-order valence-electron chi connectivity index (χ4n) is 2.80. The SMILES string of the molecule is Cc1ccc(C(=O)NCc2ccc3c(c2)CC(=O)N3C)cc1C. The molecule has 0 radical (unpaired) electrons. The molecule has 0 saturated heterocycles. The largest absolute Gasteiger partial charge is 0.348 e. The summed E-state index contributed by atoms with van der Waals surface area (Å²) in [6, 6.07) is 11.6. The maximum Gasteiger partial charge on any atom is 0.251 e. The van der Waals surface area contributed by atoms with Crippen molar-refractivity contribution in [3.63, 3.8) is 0 Å². The van der Waals surface area contributed by atoms with Gasteiger partial charge in [0.1, 0.15) is 0 Å². The average molecular weight is 308 g/mol. The third kappa shape index (κ3) is 2.97. The van der Waals surface area contributed by atoms with Crippen LogP contribution in [0.4, 0.5) is 5.69 Å². The van der Waals surface area contributed by atoms with Crippen LogP contribution in [0.25, 0.3) is 0 Å². The first kappa shape index (κ1) is 15.3. The van der Waals surface area contributed by atoms with Crippen LogP contribution in [0.15, 0.2) is 36.4 Å². The van der Waals surface area contributed by atoms with Crippen LogP contribution in [0, 0.1) is 13.8 Å². The van der Waals surface area contributed by atoms with E-state index < -0.39 is 0 Å². The topological polar surface area (TPSA) is 49.4 Å². The molecule has 0 bridgehead atoms. The summed E-state index contributed by atoms with van der Waals surface area (Å²) in [6.45, 7) is 4.48. The monoisotopic (exact) mass is 308 g/mol. The lowest BCUT2D eigenvalue weighted by molar-refractivity contribution is -0.117. The fraction of sp³-hybridized carbons (Fsp3) is 0.263. The van der Waals surface area contributed by atoms with Crippen LogP contribution in [0.5, 0.6) is 0 Å². The van der Waals surface area contributed by atoms with E-state index in [2.05, 4.69) is 5.32 Å². The first-order valence-corrected chi connectivity index (χ1v) is 7.69. The highest BCUT2D eigenvalue weighted by molar-refractivity contribution is 6.01. The van der Waals surface area contributed by atoms with Gasteiger partial charge in [0.25, 0.3) is 5.91 Å². The van der Waals surface area contributed by atoms with Crippen molar-refractivity contribution in [2.24, 2.45) is 0 Å². The molecule has 1 aliphatic heterocycles. The van der Waals surface area contributed by atoms with E-state index in [1.165, 1.54) is 5.56 Å². The van der Waals surface area contributed by atoms with Crippen molar-refractivity contribution in [3.05, 3.63) is 64.2 Å². The highest BCUT2D eigenvalue weighted by Gasteiger charge is 2.23. The van der Waals surface area contributed by atoms with E-state index in [9.17, 15) is 9.59 Å². The number of nitrogens with zero attached hydrogens (tertiary/aromatic N) is 1. The molecule has 0 saturated carbocycles. The Morgan fingerprint density at radius 2 is 1.91 bits per heavy atom. The van der Waals surface area contributed by atoms with Gasteiger partial charge in [0.15, 0.2) is 0 Å². The zero-order chi connectivity index (χ0) is 16.6. The highest BCUT2D eigenvalue weighted by Crippen LogP contribution is 2.28. The predicted octanol–water partition coefficient (Wildman–Crippen LogP) is 2.75. The maximum atomic E-state index is 12.2. The Kier molecular flexibility index (Phi) is 3.90. The van der Waals surface area contributed by atoms with E-state index in [-0.39, 0.29) is 11.8 Å². The lowest BCUT2D eigenvalue weighted by Crippen LogP contribution is -2.23. The zero-order valence-corrected chi connectivity index (χ0v) is 13.6. The lowest BCUT2D eigenvalue weighted by Gasteiger charge is -2.11. The number of anilines is 1. The number of fused-ring (bicyclic) bond motifs is 1. The minimum absolute atomic E-state index is 0.0817. The van der Waals surface area contributed by atoms with Crippen LogP contribution in [-0.2, 0) is 17.8 Å². The first-order valence-electron chi connectivity index (χ1n) is 7.69. The normalized spacial score (nSPS) is 13.2. The maximum absolute atomic E-state index is 12.2. The van der Waals surface area contributed by atoms with E-state index in [1.54, 1.807) is 11.9 Å². The van der Waals surface area contributed by atoms with Crippen LogP contribution < -0.4 is 10.2 Å². The molecule has 0 aliphatic carbocycles. The van der Waals surface area contributed by atoms with Crippen LogP contribution in [0.1, 0.15) is 32.6 Å². The van der Waals surface area contributed by atoms with Crippen molar-refractivity contribution in [1.82, 2.24) is 5.32 Å². The van der Waals surface area contributed by atoms with Crippen molar-refractivity contribution in [1.29, 1.82) is 0 Å². The molecular weight excluding hydrogens is 288 g/mol. The molecule has 1 heterocycles. The second kappa shape index (κ2) is 5.88. The van der Waals surface area contributed by atoms with Crippen LogP contribution in [-0.4, -0.2) is 18.9 Å². The fourth-order valence-corrected chi connectivity index (χ4v) is 2.80. The van der Waals surface area contributed by atoms with Crippen LogP contribution in [0.2, 0.25) is 0 Å². The first-order chi connectivity index (χ1) is 11.0. The van der Waals surface area contributed by atoms with Gasteiger partial charge in [-0.1, -0.05) is 18.2 Å². The van der Waals surface area contributed by atoms with Crippen molar-refractivity contribution in [2.75, 3.05) is 11.9 Å². The lowest BCUT2D eigenvalue weighted by atomic mass is 10.1. The van der Waals surface area contributed by atoms with Gasteiger partial charge in [0.05, 0.1) is 6.42 Å². The Balaban J connectivity index is 1.69. The van der Waals surface area contributed by atoms with Crippen LogP contribution >= 0.6 is 0 Å². The molecule has 0 atom stereocenters. The Labute approximate surface area is 136 Å². The van der Waals surface area contributed by atoms with E-state index in [0.29, 0.717) is 18.5 Å². The summed E-state index contributed by atoms with van der Waals surface area (Å²) in [7, 11) is 1.79. The highest BCUT2D eigenvalue weighted by atomic mass is 16.2. The van der Waals surface area contributed by atoms with Gasteiger partial charge in [-0.05, 0) is 54.3 Å². The second-order valence-electron chi connectivity index (χ2n) is 6.07. The summed E-state index contributed by atoms with van der Waals surface area (Å²) in [5.74, 6) is 0.0260. The zero-order valence-electron chi connectivity index (χ0n) is 13.6. The summed E-state index contributed by atoms with van der Waals surface area (Å²) < 4.78 is 0. The molecule has 0 fully saturated rings. The molecule has 4 heteroatoms. The number of hydrogen-bond acceptors (Lipinski definition) is 2. The third-order valence-electron chi connectivity index (χ3n) is 4.44. The molecule has 0 spiro atoms.